The Morgan fingerprint density at radius 2 is 2.29 bits per heavy atom. The van der Waals surface area contributed by atoms with Crippen LogP contribution in [0.15, 0.2) is 0 Å². The molecule has 1 saturated heterocycles. The van der Waals surface area contributed by atoms with E-state index in [1.165, 1.54) is 25.8 Å². The highest BCUT2D eigenvalue weighted by Crippen LogP contribution is 2.24. The summed E-state index contributed by atoms with van der Waals surface area (Å²) in [5.74, 6) is 0.869. The molecule has 1 fully saturated rings. The molecule has 0 saturated carbocycles. The minimum absolute atomic E-state index is 0.297. The number of hydrogen-bond acceptors (Lipinski definition) is 3. The highest BCUT2D eigenvalue weighted by molar-refractivity contribution is 4.81. The molecule has 0 aromatic carbocycles. The van der Waals surface area contributed by atoms with Crippen molar-refractivity contribution < 1.29 is 5.11 Å². The Kier molecular flexibility index (Phi) is 5.45. The maximum atomic E-state index is 8.80. The number of likely N-dealkylation sites (tertiary alicyclic amines) is 1. The van der Waals surface area contributed by atoms with Crippen molar-refractivity contribution >= 4 is 0 Å². The van der Waals surface area contributed by atoms with E-state index in [0.29, 0.717) is 12.6 Å². The molecule has 1 aliphatic rings. The largest absolute Gasteiger partial charge is 0.396 e. The fraction of sp³-hybridized carbons (Fsp3) is 1.00. The lowest BCUT2D eigenvalue weighted by Crippen LogP contribution is -2.47. The van der Waals surface area contributed by atoms with Crippen LogP contribution in [0.25, 0.3) is 0 Å². The highest BCUT2D eigenvalue weighted by Gasteiger charge is 2.25. The van der Waals surface area contributed by atoms with Crippen molar-refractivity contribution in [2.75, 3.05) is 26.2 Å². The smallest absolute Gasteiger partial charge is 0.0443 e. The summed E-state index contributed by atoms with van der Waals surface area (Å²) in [6, 6.07) is 0.556. The first kappa shape index (κ1) is 12.0. The lowest BCUT2D eigenvalue weighted by atomic mass is 9.89. The third-order valence-electron chi connectivity index (χ3n) is 3.40. The first-order valence-corrected chi connectivity index (χ1v) is 5.86. The van der Waals surface area contributed by atoms with Gasteiger partial charge in [-0.15, -0.1) is 0 Å². The van der Waals surface area contributed by atoms with Gasteiger partial charge in [-0.1, -0.05) is 13.3 Å². The fourth-order valence-corrected chi connectivity index (χ4v) is 2.37. The number of nitrogens with zero attached hydrogens (tertiary/aromatic N) is 1. The molecule has 0 amide bonds. The van der Waals surface area contributed by atoms with E-state index in [4.69, 9.17) is 10.8 Å². The average molecular weight is 200 g/mol. The van der Waals surface area contributed by atoms with Gasteiger partial charge >= 0.3 is 0 Å². The first-order valence-electron chi connectivity index (χ1n) is 5.86. The second-order valence-corrected chi connectivity index (χ2v) is 4.30. The lowest BCUT2D eigenvalue weighted by molar-refractivity contribution is 0.106. The van der Waals surface area contributed by atoms with Gasteiger partial charge in [-0.25, -0.2) is 0 Å². The molecule has 3 heteroatoms. The molecule has 1 aliphatic heterocycles. The molecule has 0 spiro atoms. The summed E-state index contributed by atoms with van der Waals surface area (Å²) >= 11 is 0. The number of piperidine rings is 1. The lowest BCUT2D eigenvalue weighted by Gasteiger charge is -2.38. The molecule has 1 heterocycles. The number of hydrogen-bond donors (Lipinski definition) is 2. The number of nitrogens with two attached hydrogens (primary N) is 1. The monoisotopic (exact) mass is 200 g/mol. The van der Waals surface area contributed by atoms with Gasteiger partial charge in [-0.05, 0) is 31.7 Å². The van der Waals surface area contributed by atoms with E-state index in [9.17, 15) is 0 Å². The molecular weight excluding hydrogens is 176 g/mol. The van der Waals surface area contributed by atoms with Crippen molar-refractivity contribution in [3.05, 3.63) is 0 Å². The van der Waals surface area contributed by atoms with Gasteiger partial charge in [-0.3, -0.25) is 4.90 Å². The molecule has 2 unspecified atom stereocenters. The third kappa shape index (κ3) is 3.23. The van der Waals surface area contributed by atoms with E-state index in [1.54, 1.807) is 0 Å². The van der Waals surface area contributed by atoms with Crippen LogP contribution < -0.4 is 5.73 Å². The molecule has 1 rings (SSSR count). The molecule has 0 aliphatic carbocycles. The zero-order valence-electron chi connectivity index (χ0n) is 9.28. The Morgan fingerprint density at radius 3 is 2.86 bits per heavy atom. The van der Waals surface area contributed by atoms with Gasteiger partial charge in [0, 0.05) is 25.7 Å². The predicted octanol–water partition coefficient (Wildman–Crippen LogP) is 0.818. The molecule has 2 atom stereocenters. The van der Waals surface area contributed by atoms with Gasteiger partial charge in [0.25, 0.3) is 0 Å². The Hall–Kier alpha value is -0.120. The summed E-state index contributed by atoms with van der Waals surface area (Å²) in [5.41, 5.74) is 5.78. The molecule has 3 nitrogen and oxygen atoms in total. The van der Waals surface area contributed by atoms with Crippen LogP contribution in [0.1, 0.15) is 32.6 Å². The van der Waals surface area contributed by atoms with Crippen LogP contribution in [0.2, 0.25) is 0 Å². The second-order valence-electron chi connectivity index (χ2n) is 4.30. The Balaban J connectivity index is 2.35. The van der Waals surface area contributed by atoms with Crippen LogP contribution in [0.5, 0.6) is 0 Å². The summed E-state index contributed by atoms with van der Waals surface area (Å²) in [6.45, 7) is 5.50. The van der Waals surface area contributed by atoms with E-state index in [0.717, 1.165) is 25.4 Å². The molecule has 0 radical (unpaired) electrons. The minimum Gasteiger partial charge on any atom is -0.396 e. The molecular formula is C11H24N2O. The Labute approximate surface area is 87.3 Å². The minimum atomic E-state index is 0.297. The Morgan fingerprint density at radius 1 is 1.50 bits per heavy atom. The van der Waals surface area contributed by atoms with Gasteiger partial charge in [0.2, 0.25) is 0 Å². The number of rotatable bonds is 5. The van der Waals surface area contributed by atoms with Crippen LogP contribution in [0.4, 0.5) is 0 Å². The SMILES string of the molecule is CCC1CCN(CCCO)C(CN)C1. The summed E-state index contributed by atoms with van der Waals surface area (Å²) < 4.78 is 0. The summed E-state index contributed by atoms with van der Waals surface area (Å²) in [5, 5.41) is 8.80. The normalized spacial score (nSPS) is 29.4. The average Bonchev–Trinajstić information content (AvgIpc) is 2.26. The standard InChI is InChI=1S/C11H24N2O/c1-2-10-4-6-13(5-3-7-14)11(8-10)9-12/h10-11,14H,2-9,12H2,1H3. The summed E-state index contributed by atoms with van der Waals surface area (Å²) in [6.07, 6.45) is 4.72. The van der Waals surface area contributed by atoms with Gasteiger partial charge in [0.15, 0.2) is 0 Å². The van der Waals surface area contributed by atoms with Crippen molar-refractivity contribution in [1.29, 1.82) is 0 Å². The van der Waals surface area contributed by atoms with Crippen LogP contribution >= 0.6 is 0 Å². The number of aliphatic hydroxyl groups excluding tert-OH is 1. The summed E-state index contributed by atoms with van der Waals surface area (Å²) in [7, 11) is 0. The Bertz CT molecular complexity index is 152. The van der Waals surface area contributed by atoms with Crippen molar-refractivity contribution in [2.24, 2.45) is 11.7 Å². The third-order valence-corrected chi connectivity index (χ3v) is 3.40. The molecule has 14 heavy (non-hydrogen) atoms. The second kappa shape index (κ2) is 6.38. The van der Waals surface area contributed by atoms with E-state index >= 15 is 0 Å². The predicted molar refractivity (Wildman–Crippen MR) is 59.1 cm³/mol. The van der Waals surface area contributed by atoms with Gasteiger partial charge in [0.05, 0.1) is 0 Å². The van der Waals surface area contributed by atoms with Crippen molar-refractivity contribution in [1.82, 2.24) is 4.90 Å². The molecule has 3 N–H and O–H groups in total. The molecule has 0 aromatic heterocycles. The van der Waals surface area contributed by atoms with Crippen LogP contribution in [-0.4, -0.2) is 42.3 Å². The maximum Gasteiger partial charge on any atom is 0.0443 e. The van der Waals surface area contributed by atoms with Crippen LogP contribution in [0, 0.1) is 5.92 Å². The van der Waals surface area contributed by atoms with E-state index in [-0.39, 0.29) is 0 Å². The van der Waals surface area contributed by atoms with E-state index in [2.05, 4.69) is 11.8 Å². The van der Waals surface area contributed by atoms with Crippen molar-refractivity contribution in [3.8, 4) is 0 Å². The highest BCUT2D eigenvalue weighted by atomic mass is 16.3. The summed E-state index contributed by atoms with van der Waals surface area (Å²) in [4.78, 5) is 2.45. The van der Waals surface area contributed by atoms with Gasteiger partial charge in [0.1, 0.15) is 0 Å². The molecule has 0 aromatic rings. The maximum absolute atomic E-state index is 8.80. The quantitative estimate of drug-likeness (QED) is 0.691. The van der Waals surface area contributed by atoms with Gasteiger partial charge in [-0.2, -0.15) is 0 Å². The molecule has 0 bridgehead atoms. The van der Waals surface area contributed by atoms with Crippen molar-refractivity contribution in [3.63, 3.8) is 0 Å². The fourth-order valence-electron chi connectivity index (χ4n) is 2.37. The van der Waals surface area contributed by atoms with Gasteiger partial charge < -0.3 is 10.8 Å². The van der Waals surface area contributed by atoms with E-state index < -0.39 is 0 Å². The van der Waals surface area contributed by atoms with Crippen LogP contribution in [0.3, 0.4) is 0 Å². The molecule has 84 valence electrons. The van der Waals surface area contributed by atoms with Crippen molar-refractivity contribution in [2.45, 2.75) is 38.6 Å². The topological polar surface area (TPSA) is 49.5 Å². The first-order chi connectivity index (χ1) is 6.81. The zero-order valence-corrected chi connectivity index (χ0v) is 9.28. The van der Waals surface area contributed by atoms with E-state index in [1.807, 2.05) is 0 Å². The number of aliphatic hydroxyl groups is 1. The zero-order chi connectivity index (χ0) is 10.4. The van der Waals surface area contributed by atoms with Crippen LogP contribution in [-0.2, 0) is 0 Å².